The van der Waals surface area contributed by atoms with Crippen LogP contribution < -0.4 is 129 Å². The van der Waals surface area contributed by atoms with Gasteiger partial charge in [-0.1, -0.05) is 30.3 Å². The SMILES string of the molecule is Nc1nc(Cl)nc(Nc2ccc(N=Nc3ccc(N=Nc4cc(S(=O)(=O)[O-])c5cccc(S(=O)(=O)[O-])c5c4)c4ccc(S(=O)(=O)[O-])cc34)c3cccc(S(=O)(=O)[O-])c23)n1.[Na+].[Na+].[Na+].[Na+]. The first-order valence-electron chi connectivity index (χ1n) is 15.9. The second-order valence-corrected chi connectivity index (χ2v) is 17.8. The summed E-state index contributed by atoms with van der Waals surface area (Å²) in [5, 5.41) is 18.2. The molecule has 21 nitrogen and oxygen atoms in total. The van der Waals surface area contributed by atoms with Crippen molar-refractivity contribution in [1.82, 2.24) is 15.0 Å². The van der Waals surface area contributed by atoms with Crippen molar-refractivity contribution in [2.45, 2.75) is 19.6 Å². The molecule has 0 aliphatic rings. The van der Waals surface area contributed by atoms with E-state index >= 15 is 0 Å². The van der Waals surface area contributed by atoms with E-state index in [2.05, 4.69) is 40.7 Å². The maximum atomic E-state index is 12.4. The first-order chi connectivity index (χ1) is 27.6. The second-order valence-electron chi connectivity index (χ2n) is 12.0. The van der Waals surface area contributed by atoms with E-state index in [0.29, 0.717) is 0 Å². The summed E-state index contributed by atoms with van der Waals surface area (Å²) in [5.74, 6) is -0.461. The molecule has 0 spiro atoms. The Morgan fingerprint density at radius 3 is 1.63 bits per heavy atom. The number of hydrogen-bond donors (Lipinski definition) is 2. The summed E-state index contributed by atoms with van der Waals surface area (Å²) in [6.45, 7) is 0. The molecular weight excluding hydrogens is 970 g/mol. The fraction of sp³-hybridized carbons (Fsp3) is 0. The predicted octanol–water partition coefficient (Wildman–Crippen LogP) is -6.23. The molecule has 7 rings (SSSR count). The minimum Gasteiger partial charge on any atom is -0.744 e. The van der Waals surface area contributed by atoms with E-state index in [1.54, 1.807) is 0 Å². The van der Waals surface area contributed by atoms with Crippen LogP contribution in [0.4, 0.5) is 40.3 Å². The summed E-state index contributed by atoms with van der Waals surface area (Å²) in [6, 6.07) is 17.1. The Bertz CT molecular complexity index is 3470. The quantitative estimate of drug-likeness (QED) is 0.0731. The zero-order chi connectivity index (χ0) is 42.7. The largest absolute Gasteiger partial charge is 1.00 e. The van der Waals surface area contributed by atoms with E-state index in [0.717, 1.165) is 48.5 Å². The molecular formula is C33H18ClN9Na4O12S4. The van der Waals surface area contributed by atoms with E-state index in [-0.39, 0.29) is 191 Å². The predicted molar refractivity (Wildman–Crippen MR) is 205 cm³/mol. The number of halogens is 1. The van der Waals surface area contributed by atoms with Crippen LogP contribution in [0.5, 0.6) is 0 Å². The fourth-order valence-corrected chi connectivity index (χ4v) is 8.71. The Labute approximate surface area is 451 Å². The van der Waals surface area contributed by atoms with Crippen molar-refractivity contribution in [3.63, 3.8) is 0 Å². The molecule has 6 aromatic carbocycles. The monoisotopic (exact) mass is 987 g/mol. The van der Waals surface area contributed by atoms with E-state index in [4.69, 9.17) is 17.3 Å². The van der Waals surface area contributed by atoms with Crippen molar-refractivity contribution in [3.05, 3.63) is 96.3 Å². The van der Waals surface area contributed by atoms with E-state index in [1.807, 2.05) is 0 Å². The number of nitrogens with zero attached hydrogens (tertiary/aromatic N) is 7. The smallest absolute Gasteiger partial charge is 0.744 e. The van der Waals surface area contributed by atoms with Gasteiger partial charge in [0, 0.05) is 32.3 Å². The number of hydrogen-bond acceptors (Lipinski definition) is 21. The number of nitrogens with two attached hydrogens (primary N) is 1. The molecule has 3 N–H and O–H groups in total. The Morgan fingerprint density at radius 2 is 1.05 bits per heavy atom. The van der Waals surface area contributed by atoms with Crippen LogP contribution in [0.3, 0.4) is 0 Å². The number of azo groups is 2. The molecule has 0 radical (unpaired) electrons. The number of fused-ring (bicyclic) bond motifs is 3. The number of nitrogens with one attached hydrogen (secondary N) is 1. The van der Waals surface area contributed by atoms with Gasteiger partial charge >= 0.3 is 118 Å². The average molecular weight is 988 g/mol. The van der Waals surface area contributed by atoms with Crippen LogP contribution in [-0.4, -0.2) is 66.8 Å². The van der Waals surface area contributed by atoms with Gasteiger partial charge in [0.05, 0.1) is 48.0 Å². The summed E-state index contributed by atoms with van der Waals surface area (Å²) in [7, 11) is -20.6. The normalized spacial score (nSPS) is 12.1. The zero-order valence-corrected chi connectivity index (χ0v) is 44.8. The average Bonchev–Trinajstić information content (AvgIpc) is 3.14. The van der Waals surface area contributed by atoms with Gasteiger partial charge in [-0.3, -0.25) is 0 Å². The Morgan fingerprint density at radius 1 is 0.508 bits per heavy atom. The summed E-state index contributed by atoms with van der Waals surface area (Å²) >= 11 is 5.88. The van der Waals surface area contributed by atoms with Gasteiger partial charge in [0.2, 0.25) is 17.2 Å². The fourth-order valence-electron chi connectivity index (χ4n) is 5.94. The maximum Gasteiger partial charge on any atom is 1.00 e. The molecule has 0 saturated heterocycles. The Balaban J connectivity index is 0.00000264. The van der Waals surface area contributed by atoms with Gasteiger partial charge in [0.15, 0.2) is 0 Å². The first-order valence-corrected chi connectivity index (χ1v) is 21.9. The number of nitrogen functional groups attached to an aromatic ring is 1. The van der Waals surface area contributed by atoms with E-state index in [9.17, 15) is 51.9 Å². The van der Waals surface area contributed by atoms with Crippen LogP contribution in [0, 0.1) is 0 Å². The van der Waals surface area contributed by atoms with Gasteiger partial charge in [-0.2, -0.15) is 20.1 Å². The molecule has 302 valence electrons. The molecule has 63 heavy (non-hydrogen) atoms. The minimum atomic E-state index is -5.25. The molecule has 0 amide bonds. The molecule has 0 saturated carbocycles. The third-order valence-electron chi connectivity index (χ3n) is 8.33. The van der Waals surface area contributed by atoms with Crippen molar-refractivity contribution < 1.29 is 170 Å². The van der Waals surface area contributed by atoms with Crippen molar-refractivity contribution in [1.29, 1.82) is 0 Å². The van der Waals surface area contributed by atoms with Crippen LogP contribution in [0.1, 0.15) is 0 Å². The summed E-state index contributed by atoms with van der Waals surface area (Å²) in [4.78, 5) is 8.37. The number of rotatable bonds is 10. The third-order valence-corrected chi connectivity index (χ3v) is 12.0. The van der Waals surface area contributed by atoms with Gasteiger partial charge < -0.3 is 29.3 Å². The van der Waals surface area contributed by atoms with Crippen molar-refractivity contribution in [3.8, 4) is 0 Å². The Kier molecular flexibility index (Phi) is 18.6. The molecule has 30 heteroatoms. The summed E-state index contributed by atoms with van der Waals surface area (Å²) in [6.07, 6.45) is 0. The van der Waals surface area contributed by atoms with E-state index in [1.165, 1.54) is 42.5 Å². The first kappa shape index (κ1) is 55.2. The molecule has 7 aromatic rings. The molecule has 0 unspecified atom stereocenters. The summed E-state index contributed by atoms with van der Waals surface area (Å²) < 4.78 is 146. The van der Waals surface area contributed by atoms with Gasteiger partial charge in [-0.25, -0.2) is 33.7 Å². The van der Waals surface area contributed by atoms with Gasteiger partial charge in [0.25, 0.3) is 0 Å². The third kappa shape index (κ3) is 12.4. The molecule has 0 atom stereocenters. The van der Waals surface area contributed by atoms with Crippen LogP contribution in [0.2, 0.25) is 5.28 Å². The molecule has 0 fully saturated rings. The van der Waals surface area contributed by atoms with Crippen molar-refractivity contribution in [2.24, 2.45) is 20.5 Å². The molecule has 0 bridgehead atoms. The van der Waals surface area contributed by atoms with Crippen LogP contribution in [0.15, 0.2) is 131 Å². The van der Waals surface area contributed by atoms with Gasteiger partial charge in [-0.05, 0) is 72.3 Å². The minimum absolute atomic E-state index is 0. The maximum absolute atomic E-state index is 12.4. The molecule has 0 aliphatic carbocycles. The number of benzene rings is 6. The van der Waals surface area contributed by atoms with Gasteiger partial charge in [-0.15, -0.1) is 15.3 Å². The van der Waals surface area contributed by atoms with Crippen LogP contribution in [0.25, 0.3) is 32.3 Å². The van der Waals surface area contributed by atoms with Gasteiger partial charge in [0.1, 0.15) is 40.5 Å². The number of anilines is 3. The zero-order valence-electron chi connectivity index (χ0n) is 32.8. The topological polar surface area (TPSA) is 355 Å². The summed E-state index contributed by atoms with van der Waals surface area (Å²) in [5.41, 5.74) is 5.16. The van der Waals surface area contributed by atoms with Crippen molar-refractivity contribution in [2.75, 3.05) is 11.1 Å². The molecule has 1 aromatic heterocycles. The Hall–Kier alpha value is -2.16. The second kappa shape index (κ2) is 21.2. The van der Waals surface area contributed by atoms with Crippen LogP contribution >= 0.6 is 11.6 Å². The van der Waals surface area contributed by atoms with E-state index < -0.39 is 65.4 Å². The molecule has 0 aliphatic heterocycles. The number of aromatic nitrogens is 3. The molecule has 1 heterocycles. The van der Waals surface area contributed by atoms with Crippen LogP contribution in [-0.2, 0) is 40.5 Å². The standard InChI is InChI=1S/C33H22ClN9O12S4.4Na/c34-31-37-32(35)39-33(38-31)36-26-12-11-24(20-4-2-6-28(30(20)26)58(50,51)52)42-43-25-10-9-23(18-8-7-17(15-21(18)25)56(44,45)46)41-40-16-13-22-19(29(14-16)59(53,54)55)3-1-5-27(22)57(47,48)49;;;;/h1-15H,(H,44,45,46)(H,47,48,49)(H,50,51,52)(H,53,54,55)(H3,35,36,37,38,39);;;;/q;4*+1/p-4. The van der Waals surface area contributed by atoms with Crippen molar-refractivity contribution >= 4 is 125 Å².